The van der Waals surface area contributed by atoms with Gasteiger partial charge >= 0.3 is 11.4 Å². The van der Waals surface area contributed by atoms with Crippen LogP contribution in [-0.4, -0.2) is 19.7 Å². The number of fused-ring (bicyclic) bond motifs is 5. The second-order valence-electron chi connectivity index (χ2n) is 6.19. The summed E-state index contributed by atoms with van der Waals surface area (Å²) in [7, 11) is 0. The number of ketones is 1. The summed E-state index contributed by atoms with van der Waals surface area (Å²) >= 11 is 0. The Balaban J connectivity index is 1.77. The highest BCUT2D eigenvalue weighted by Crippen LogP contribution is 2.44. The van der Waals surface area contributed by atoms with Gasteiger partial charge in [0.2, 0.25) is 0 Å². The van der Waals surface area contributed by atoms with Gasteiger partial charge in [-0.25, -0.2) is 23.5 Å². The first kappa shape index (κ1) is 14.7. The maximum atomic E-state index is 12.8. The standard InChI is InChI=1S/C18H17N3O3/c1-2-6-13(22)11-14-15-9-10-16(14)21-18(24)19(17(23)20(15)21)12-7-4-3-5-8-12/h2-5,7-10,14-16H,1,6,11H2. The van der Waals surface area contributed by atoms with Crippen LogP contribution in [-0.2, 0) is 4.79 Å². The first-order valence-electron chi connectivity index (χ1n) is 7.96. The Morgan fingerprint density at radius 3 is 2.17 bits per heavy atom. The monoisotopic (exact) mass is 323 g/mol. The van der Waals surface area contributed by atoms with Crippen molar-refractivity contribution in [2.24, 2.45) is 5.92 Å². The summed E-state index contributed by atoms with van der Waals surface area (Å²) in [6.45, 7) is 3.58. The molecule has 0 amide bonds. The minimum Gasteiger partial charge on any atom is -0.299 e. The molecule has 6 heteroatoms. The summed E-state index contributed by atoms with van der Waals surface area (Å²) in [6.07, 6.45) is 6.09. The summed E-state index contributed by atoms with van der Waals surface area (Å²) in [6, 6.07) is 8.40. The largest absolute Gasteiger partial charge is 0.352 e. The molecule has 0 saturated carbocycles. The van der Waals surface area contributed by atoms with E-state index < -0.39 is 0 Å². The molecule has 0 N–H and O–H groups in total. The van der Waals surface area contributed by atoms with E-state index in [1.165, 1.54) is 13.9 Å². The molecule has 1 aromatic heterocycles. The molecule has 2 unspecified atom stereocenters. The van der Waals surface area contributed by atoms with Crippen molar-refractivity contribution in [3.63, 3.8) is 0 Å². The van der Waals surface area contributed by atoms with Gasteiger partial charge in [0.1, 0.15) is 5.78 Å². The maximum absolute atomic E-state index is 12.8. The first-order valence-corrected chi connectivity index (χ1v) is 7.96. The summed E-state index contributed by atoms with van der Waals surface area (Å²) in [5.41, 5.74) is -0.158. The van der Waals surface area contributed by atoms with Crippen LogP contribution < -0.4 is 11.4 Å². The van der Waals surface area contributed by atoms with E-state index in [4.69, 9.17) is 0 Å². The Morgan fingerprint density at radius 2 is 1.62 bits per heavy atom. The molecule has 4 rings (SSSR count). The zero-order valence-electron chi connectivity index (χ0n) is 13.0. The lowest BCUT2D eigenvalue weighted by Gasteiger charge is -2.13. The Kier molecular flexibility index (Phi) is 3.26. The molecule has 6 nitrogen and oxygen atoms in total. The Labute approximate surface area is 137 Å². The fourth-order valence-electron chi connectivity index (χ4n) is 3.80. The predicted octanol–water partition coefficient (Wildman–Crippen LogP) is 1.62. The molecule has 2 bridgehead atoms. The quantitative estimate of drug-likeness (QED) is 0.785. The first-order chi connectivity index (χ1) is 11.6. The van der Waals surface area contributed by atoms with E-state index in [9.17, 15) is 14.4 Å². The number of rotatable bonds is 5. The van der Waals surface area contributed by atoms with Crippen LogP contribution in [0.5, 0.6) is 0 Å². The van der Waals surface area contributed by atoms with Gasteiger partial charge in [0, 0.05) is 18.8 Å². The molecule has 2 atom stereocenters. The fraction of sp³-hybridized carbons (Fsp3) is 0.278. The molecule has 2 aromatic rings. The van der Waals surface area contributed by atoms with Crippen molar-refractivity contribution >= 4 is 5.78 Å². The second kappa shape index (κ2) is 5.33. The van der Waals surface area contributed by atoms with Crippen molar-refractivity contribution in [3.8, 4) is 5.69 Å². The third-order valence-electron chi connectivity index (χ3n) is 4.80. The molecule has 1 aromatic carbocycles. The molecule has 24 heavy (non-hydrogen) atoms. The highest BCUT2D eigenvalue weighted by molar-refractivity contribution is 5.80. The van der Waals surface area contributed by atoms with E-state index in [0.29, 0.717) is 18.5 Å². The topological polar surface area (TPSA) is 66.0 Å². The summed E-state index contributed by atoms with van der Waals surface area (Å²) in [4.78, 5) is 37.6. The van der Waals surface area contributed by atoms with Crippen molar-refractivity contribution in [1.82, 2.24) is 13.9 Å². The molecule has 1 aliphatic carbocycles. The lowest BCUT2D eigenvalue weighted by Crippen LogP contribution is -2.31. The van der Waals surface area contributed by atoms with Crippen molar-refractivity contribution in [2.45, 2.75) is 24.9 Å². The lowest BCUT2D eigenvalue weighted by atomic mass is 9.93. The third kappa shape index (κ3) is 1.92. The van der Waals surface area contributed by atoms with Crippen molar-refractivity contribution in [1.29, 1.82) is 0 Å². The van der Waals surface area contributed by atoms with Crippen LogP contribution >= 0.6 is 0 Å². The predicted molar refractivity (Wildman–Crippen MR) is 89.4 cm³/mol. The van der Waals surface area contributed by atoms with Gasteiger partial charge < -0.3 is 0 Å². The van der Waals surface area contributed by atoms with Gasteiger partial charge in [-0.2, -0.15) is 0 Å². The zero-order chi connectivity index (χ0) is 16.8. The number of allylic oxidation sites excluding steroid dienone is 3. The van der Waals surface area contributed by atoms with Crippen LogP contribution in [0, 0.1) is 5.92 Å². The smallest absolute Gasteiger partial charge is 0.299 e. The van der Waals surface area contributed by atoms with E-state index in [2.05, 4.69) is 6.58 Å². The third-order valence-corrected chi connectivity index (χ3v) is 4.80. The summed E-state index contributed by atoms with van der Waals surface area (Å²) in [5.74, 6) is 0.0131. The minimum absolute atomic E-state index is 0.0664. The van der Waals surface area contributed by atoms with Gasteiger partial charge in [-0.3, -0.25) is 4.79 Å². The number of carbonyl (C=O) groups is 1. The highest BCUT2D eigenvalue weighted by Gasteiger charge is 2.46. The fourth-order valence-corrected chi connectivity index (χ4v) is 3.80. The minimum atomic E-state index is -0.357. The molecule has 0 saturated heterocycles. The van der Waals surface area contributed by atoms with Crippen LogP contribution in [0.1, 0.15) is 24.9 Å². The van der Waals surface area contributed by atoms with Crippen molar-refractivity contribution in [2.75, 3.05) is 0 Å². The van der Waals surface area contributed by atoms with E-state index in [0.717, 1.165) is 0 Å². The van der Waals surface area contributed by atoms with Gasteiger partial charge in [-0.1, -0.05) is 36.4 Å². The van der Waals surface area contributed by atoms with E-state index in [1.54, 1.807) is 30.3 Å². The normalized spacial score (nSPS) is 23.4. The molecular weight excluding hydrogens is 306 g/mol. The highest BCUT2D eigenvalue weighted by atomic mass is 16.2. The van der Waals surface area contributed by atoms with Crippen LogP contribution in [0.15, 0.2) is 64.7 Å². The second-order valence-corrected chi connectivity index (χ2v) is 6.19. The average Bonchev–Trinajstić information content (AvgIpc) is 3.18. The molecule has 2 heterocycles. The Bertz CT molecular complexity index is 916. The lowest BCUT2D eigenvalue weighted by molar-refractivity contribution is -0.119. The SMILES string of the molecule is C=CCC(=O)CC1C2C=CC1n1c(=O)n(-c3ccccc3)c(=O)n12. The number of carbonyl (C=O) groups excluding carboxylic acids is 1. The number of nitrogens with zero attached hydrogens (tertiary/aromatic N) is 3. The van der Waals surface area contributed by atoms with Gasteiger partial charge in [0.25, 0.3) is 0 Å². The number of hydrogen-bond acceptors (Lipinski definition) is 3. The van der Waals surface area contributed by atoms with Crippen LogP contribution in [0.2, 0.25) is 0 Å². The van der Waals surface area contributed by atoms with Crippen LogP contribution in [0.4, 0.5) is 0 Å². The van der Waals surface area contributed by atoms with Gasteiger partial charge in [-0.15, -0.1) is 6.58 Å². The Morgan fingerprint density at radius 1 is 1.04 bits per heavy atom. The number of aromatic nitrogens is 3. The van der Waals surface area contributed by atoms with Crippen LogP contribution in [0.25, 0.3) is 5.69 Å². The maximum Gasteiger partial charge on any atom is 0.352 e. The Hall–Kier alpha value is -2.89. The number of benzene rings is 1. The van der Waals surface area contributed by atoms with E-state index in [1.807, 2.05) is 18.2 Å². The summed E-state index contributed by atoms with van der Waals surface area (Å²) < 4.78 is 4.17. The number of para-hydroxylation sites is 1. The molecule has 122 valence electrons. The molecule has 2 aliphatic rings. The number of hydrogen-bond donors (Lipinski definition) is 0. The molecule has 0 fully saturated rings. The van der Waals surface area contributed by atoms with Gasteiger partial charge in [0.05, 0.1) is 17.8 Å². The molecule has 0 radical (unpaired) electrons. The molecule has 0 spiro atoms. The van der Waals surface area contributed by atoms with Gasteiger partial charge in [0.15, 0.2) is 0 Å². The molecule has 1 aliphatic heterocycles. The number of Topliss-reactive ketones (excluding diaryl/α,β-unsaturated/α-hetero) is 1. The van der Waals surface area contributed by atoms with E-state index in [-0.39, 0.29) is 35.2 Å². The average molecular weight is 323 g/mol. The van der Waals surface area contributed by atoms with Gasteiger partial charge in [-0.05, 0) is 12.1 Å². The summed E-state index contributed by atoms with van der Waals surface area (Å²) in [5, 5.41) is 0. The van der Waals surface area contributed by atoms with Crippen LogP contribution in [0.3, 0.4) is 0 Å². The van der Waals surface area contributed by atoms with Crippen molar-refractivity contribution < 1.29 is 4.79 Å². The van der Waals surface area contributed by atoms with E-state index >= 15 is 0 Å². The zero-order valence-corrected chi connectivity index (χ0v) is 13.0. The van der Waals surface area contributed by atoms with Crippen molar-refractivity contribution in [3.05, 3.63) is 76.1 Å². The molecular formula is C18H17N3O3.